The summed E-state index contributed by atoms with van der Waals surface area (Å²) in [7, 11) is 1.86. The molecule has 1 heterocycles. The predicted octanol–water partition coefficient (Wildman–Crippen LogP) is 2.68. The molecule has 0 saturated carbocycles. The van der Waals surface area contributed by atoms with Crippen LogP contribution in [-0.2, 0) is 6.54 Å². The van der Waals surface area contributed by atoms with Crippen molar-refractivity contribution in [2.24, 2.45) is 0 Å². The molecule has 1 aromatic carbocycles. The van der Waals surface area contributed by atoms with Crippen LogP contribution < -0.4 is 10.6 Å². The molecule has 2 N–H and O–H groups in total. The summed E-state index contributed by atoms with van der Waals surface area (Å²) in [6.45, 7) is 5.13. The van der Waals surface area contributed by atoms with Crippen LogP contribution in [0.5, 0.6) is 0 Å². The van der Waals surface area contributed by atoms with Crippen molar-refractivity contribution in [1.82, 2.24) is 15.3 Å². The number of nitrogens with zero attached hydrogens (tertiary/aromatic N) is 2. The van der Waals surface area contributed by atoms with Gasteiger partial charge in [-0.15, -0.1) is 0 Å². The molecule has 4 heteroatoms. The fraction of sp³-hybridized carbons (Fsp3) is 0.333. The van der Waals surface area contributed by atoms with E-state index in [1.54, 1.807) is 6.33 Å². The molecule has 0 bridgehead atoms. The van der Waals surface area contributed by atoms with Crippen molar-refractivity contribution >= 4 is 5.82 Å². The maximum Gasteiger partial charge on any atom is 0.129 e. The minimum Gasteiger partial charge on any atom is -0.373 e. The van der Waals surface area contributed by atoms with Gasteiger partial charge in [0.2, 0.25) is 0 Å². The van der Waals surface area contributed by atoms with Gasteiger partial charge in [0.15, 0.2) is 0 Å². The second-order valence-corrected chi connectivity index (χ2v) is 4.73. The fourth-order valence-electron chi connectivity index (χ4n) is 1.88. The van der Waals surface area contributed by atoms with E-state index < -0.39 is 0 Å². The molecule has 0 aliphatic rings. The zero-order chi connectivity index (χ0) is 13.7. The molecule has 2 aromatic rings. The van der Waals surface area contributed by atoms with E-state index in [4.69, 9.17) is 0 Å². The van der Waals surface area contributed by atoms with Gasteiger partial charge in [0.05, 0.1) is 5.69 Å². The first-order chi connectivity index (χ1) is 9.20. The van der Waals surface area contributed by atoms with Gasteiger partial charge in [0, 0.05) is 31.3 Å². The molecule has 0 amide bonds. The molecule has 0 spiro atoms. The summed E-state index contributed by atoms with van der Waals surface area (Å²) in [5, 5.41) is 6.48. The van der Waals surface area contributed by atoms with Crippen LogP contribution in [0.2, 0.25) is 0 Å². The summed E-state index contributed by atoms with van der Waals surface area (Å²) in [5.41, 5.74) is 3.34. The van der Waals surface area contributed by atoms with Gasteiger partial charge in [-0.25, -0.2) is 9.97 Å². The van der Waals surface area contributed by atoms with Crippen molar-refractivity contribution in [2.45, 2.75) is 26.4 Å². The van der Waals surface area contributed by atoms with Crippen molar-refractivity contribution in [1.29, 1.82) is 0 Å². The summed E-state index contributed by atoms with van der Waals surface area (Å²) >= 11 is 0. The fourth-order valence-corrected chi connectivity index (χ4v) is 1.88. The van der Waals surface area contributed by atoms with E-state index in [2.05, 4.69) is 52.6 Å². The summed E-state index contributed by atoms with van der Waals surface area (Å²) in [4.78, 5) is 8.52. The largest absolute Gasteiger partial charge is 0.373 e. The highest BCUT2D eigenvalue weighted by molar-refractivity contribution is 5.65. The van der Waals surface area contributed by atoms with Gasteiger partial charge in [-0.2, -0.15) is 0 Å². The number of anilines is 1. The average molecular weight is 256 g/mol. The second kappa shape index (κ2) is 6.29. The van der Waals surface area contributed by atoms with Crippen molar-refractivity contribution in [3.05, 3.63) is 42.2 Å². The topological polar surface area (TPSA) is 49.8 Å². The Hall–Kier alpha value is -1.94. The lowest BCUT2D eigenvalue weighted by atomic mass is 10.0. The minimum atomic E-state index is 0.464. The van der Waals surface area contributed by atoms with Crippen molar-refractivity contribution in [2.75, 3.05) is 12.4 Å². The third-order valence-electron chi connectivity index (χ3n) is 2.92. The van der Waals surface area contributed by atoms with Crippen LogP contribution >= 0.6 is 0 Å². The van der Waals surface area contributed by atoms with Gasteiger partial charge >= 0.3 is 0 Å². The number of nitrogens with one attached hydrogen (secondary N) is 2. The highest BCUT2D eigenvalue weighted by Gasteiger charge is 2.07. The molecule has 0 aliphatic heterocycles. The van der Waals surface area contributed by atoms with Gasteiger partial charge in [0.25, 0.3) is 0 Å². The van der Waals surface area contributed by atoms with Crippen LogP contribution in [0.15, 0.2) is 36.7 Å². The minimum absolute atomic E-state index is 0.464. The first-order valence-electron chi connectivity index (χ1n) is 6.52. The zero-order valence-electron chi connectivity index (χ0n) is 11.6. The SMILES string of the molecule is CNc1cc(-c2ccccc2CNC(C)C)ncn1. The predicted molar refractivity (Wildman–Crippen MR) is 79.0 cm³/mol. The lowest BCUT2D eigenvalue weighted by Crippen LogP contribution is -2.22. The van der Waals surface area contributed by atoms with Crippen LogP contribution in [0.4, 0.5) is 5.82 Å². The maximum absolute atomic E-state index is 4.37. The van der Waals surface area contributed by atoms with E-state index >= 15 is 0 Å². The summed E-state index contributed by atoms with van der Waals surface area (Å²) < 4.78 is 0. The summed E-state index contributed by atoms with van der Waals surface area (Å²) in [5.74, 6) is 0.830. The number of hydrogen-bond acceptors (Lipinski definition) is 4. The molecule has 0 radical (unpaired) electrons. The normalized spacial score (nSPS) is 10.7. The molecule has 4 nitrogen and oxygen atoms in total. The highest BCUT2D eigenvalue weighted by atomic mass is 15.0. The first kappa shape index (κ1) is 13.5. The smallest absolute Gasteiger partial charge is 0.129 e. The van der Waals surface area contributed by atoms with Crippen LogP contribution in [0.3, 0.4) is 0 Å². The monoisotopic (exact) mass is 256 g/mol. The maximum atomic E-state index is 4.37. The first-order valence-corrected chi connectivity index (χ1v) is 6.52. The number of aromatic nitrogens is 2. The van der Waals surface area contributed by atoms with E-state index in [0.29, 0.717) is 6.04 Å². The van der Waals surface area contributed by atoms with Crippen molar-refractivity contribution in [3.8, 4) is 11.3 Å². The van der Waals surface area contributed by atoms with Gasteiger partial charge < -0.3 is 10.6 Å². The van der Waals surface area contributed by atoms with Gasteiger partial charge in [-0.1, -0.05) is 38.1 Å². The summed E-state index contributed by atoms with van der Waals surface area (Å²) in [6.07, 6.45) is 1.59. The zero-order valence-corrected chi connectivity index (χ0v) is 11.6. The molecule has 1 aromatic heterocycles. The van der Waals surface area contributed by atoms with Gasteiger partial charge in [-0.05, 0) is 5.56 Å². The Morgan fingerprint density at radius 1 is 1.16 bits per heavy atom. The molecule has 0 fully saturated rings. The molecular weight excluding hydrogens is 236 g/mol. The lowest BCUT2D eigenvalue weighted by Gasteiger charge is -2.12. The molecule has 0 unspecified atom stereocenters. The Kier molecular flexibility index (Phi) is 4.47. The van der Waals surface area contributed by atoms with E-state index in [9.17, 15) is 0 Å². The molecule has 0 saturated heterocycles. The van der Waals surface area contributed by atoms with Crippen molar-refractivity contribution < 1.29 is 0 Å². The van der Waals surface area contributed by atoms with E-state index in [-0.39, 0.29) is 0 Å². The van der Waals surface area contributed by atoms with Gasteiger partial charge in [0.1, 0.15) is 12.1 Å². The Morgan fingerprint density at radius 2 is 1.95 bits per heavy atom. The molecule has 0 atom stereocenters. The van der Waals surface area contributed by atoms with Crippen LogP contribution in [-0.4, -0.2) is 23.1 Å². The van der Waals surface area contributed by atoms with Crippen LogP contribution in [0.1, 0.15) is 19.4 Å². The number of benzene rings is 1. The Morgan fingerprint density at radius 3 is 2.68 bits per heavy atom. The second-order valence-electron chi connectivity index (χ2n) is 4.73. The standard InChI is InChI=1S/C15H20N4/c1-11(2)17-9-12-6-4-5-7-13(12)14-8-15(16-3)19-10-18-14/h4-8,10-11,17H,9H2,1-3H3,(H,16,18,19). The molecule has 0 aliphatic carbocycles. The molecule has 100 valence electrons. The van der Waals surface area contributed by atoms with E-state index in [1.165, 1.54) is 5.56 Å². The molecule has 2 rings (SSSR count). The van der Waals surface area contributed by atoms with Crippen molar-refractivity contribution in [3.63, 3.8) is 0 Å². The Bertz CT molecular complexity index is 537. The third kappa shape index (κ3) is 3.51. The number of hydrogen-bond donors (Lipinski definition) is 2. The average Bonchev–Trinajstić information content (AvgIpc) is 2.45. The van der Waals surface area contributed by atoms with Crippen LogP contribution in [0, 0.1) is 0 Å². The Balaban J connectivity index is 2.32. The molecule has 19 heavy (non-hydrogen) atoms. The Labute approximate surface area is 114 Å². The summed E-state index contributed by atoms with van der Waals surface area (Å²) in [6, 6.07) is 10.8. The number of rotatable bonds is 5. The van der Waals surface area contributed by atoms with Gasteiger partial charge in [-0.3, -0.25) is 0 Å². The van der Waals surface area contributed by atoms with Crippen LogP contribution in [0.25, 0.3) is 11.3 Å². The van der Waals surface area contributed by atoms with E-state index in [1.807, 2.05) is 19.2 Å². The third-order valence-corrected chi connectivity index (χ3v) is 2.92. The molecular formula is C15H20N4. The lowest BCUT2D eigenvalue weighted by molar-refractivity contribution is 0.589. The van der Waals surface area contributed by atoms with E-state index in [0.717, 1.165) is 23.6 Å². The highest BCUT2D eigenvalue weighted by Crippen LogP contribution is 2.22. The quantitative estimate of drug-likeness (QED) is 0.863.